The predicted octanol–water partition coefficient (Wildman–Crippen LogP) is 0.922. The van der Waals surface area contributed by atoms with E-state index in [9.17, 15) is 4.79 Å². The van der Waals surface area contributed by atoms with Crippen LogP contribution in [0.5, 0.6) is 0 Å². The minimum Gasteiger partial charge on any atom is -0.382 e. The van der Waals surface area contributed by atoms with Crippen LogP contribution in [0, 0.1) is 0 Å². The summed E-state index contributed by atoms with van der Waals surface area (Å²) < 4.78 is 9.34. The second-order valence-electron chi connectivity index (χ2n) is 3.70. The molecule has 0 bridgehead atoms. The minimum atomic E-state index is -0.233. The second-order valence-corrected chi connectivity index (χ2v) is 4.47. The number of rotatable bonds is 6. The van der Waals surface area contributed by atoms with Crippen LogP contribution in [0.25, 0.3) is 0 Å². The van der Waals surface area contributed by atoms with Crippen LogP contribution in [0.3, 0.4) is 0 Å². The molecule has 0 unspecified atom stereocenters. The first-order valence-electron chi connectivity index (χ1n) is 5.39. The number of aromatic nitrogens is 1. The first-order chi connectivity index (χ1) is 8.06. The maximum absolute atomic E-state index is 11.6. The van der Waals surface area contributed by atoms with Crippen molar-refractivity contribution in [1.82, 2.24) is 9.69 Å². The summed E-state index contributed by atoms with van der Waals surface area (Å²) in [6.45, 7) is 5.13. The van der Waals surface area contributed by atoms with Gasteiger partial charge in [-0.2, -0.15) is 4.37 Å². The van der Waals surface area contributed by atoms with Crippen molar-refractivity contribution in [2.45, 2.75) is 20.0 Å². The summed E-state index contributed by atoms with van der Waals surface area (Å²) in [5, 5.41) is 6.30. The molecule has 96 valence electrons. The van der Waals surface area contributed by atoms with Gasteiger partial charge in [0.15, 0.2) is 5.82 Å². The Labute approximate surface area is 105 Å². The van der Waals surface area contributed by atoms with Crippen molar-refractivity contribution in [3.8, 4) is 0 Å². The summed E-state index contributed by atoms with van der Waals surface area (Å²) in [6, 6.07) is 0. The summed E-state index contributed by atoms with van der Waals surface area (Å²) >= 11 is 1.18. The predicted molar refractivity (Wildman–Crippen MR) is 69.5 cm³/mol. The number of nitrogens with one attached hydrogen (secondary N) is 2. The molecule has 0 spiro atoms. The van der Waals surface area contributed by atoms with Crippen molar-refractivity contribution in [3.63, 3.8) is 0 Å². The van der Waals surface area contributed by atoms with E-state index in [4.69, 9.17) is 10.5 Å². The smallest absolute Gasteiger partial charge is 0.257 e. The average molecular weight is 258 g/mol. The van der Waals surface area contributed by atoms with Gasteiger partial charge in [0.05, 0.1) is 12.7 Å². The molecule has 1 amide bonds. The van der Waals surface area contributed by atoms with Crippen LogP contribution in [0.15, 0.2) is 0 Å². The minimum absolute atomic E-state index is 0.196. The number of hydrogen-bond acceptors (Lipinski definition) is 6. The van der Waals surface area contributed by atoms with Gasteiger partial charge >= 0.3 is 0 Å². The van der Waals surface area contributed by atoms with Gasteiger partial charge < -0.3 is 21.1 Å². The zero-order valence-electron chi connectivity index (χ0n) is 10.2. The fraction of sp³-hybridized carbons (Fsp3) is 0.600. The largest absolute Gasteiger partial charge is 0.382 e. The van der Waals surface area contributed by atoms with E-state index < -0.39 is 0 Å². The first kappa shape index (κ1) is 13.7. The Morgan fingerprint density at radius 3 is 2.88 bits per heavy atom. The van der Waals surface area contributed by atoms with Gasteiger partial charge in [-0.1, -0.05) is 0 Å². The molecule has 0 aromatic carbocycles. The molecule has 0 saturated carbocycles. The quantitative estimate of drug-likeness (QED) is 0.660. The number of carbonyl (C=O) groups excluding carboxylic acids is 1. The molecule has 1 aromatic rings. The van der Waals surface area contributed by atoms with Gasteiger partial charge in [0.2, 0.25) is 0 Å². The standard InChI is InChI=1S/C10H18N4O2S/c1-6(2)16-5-4-13-10-7(9(15)12-3)8(11)14-17-10/h6,13H,4-5H2,1-3H3,(H2,11,14)(H,12,15). The Morgan fingerprint density at radius 2 is 2.29 bits per heavy atom. The molecule has 1 rings (SSSR count). The highest BCUT2D eigenvalue weighted by atomic mass is 32.1. The summed E-state index contributed by atoms with van der Waals surface area (Å²) in [4.78, 5) is 11.6. The molecule has 0 radical (unpaired) electrons. The van der Waals surface area contributed by atoms with E-state index in [0.29, 0.717) is 23.7 Å². The van der Waals surface area contributed by atoms with Crippen LogP contribution >= 0.6 is 11.5 Å². The molecular formula is C10H18N4O2S. The monoisotopic (exact) mass is 258 g/mol. The van der Waals surface area contributed by atoms with Crippen LogP contribution in [-0.4, -0.2) is 36.6 Å². The molecule has 4 N–H and O–H groups in total. The fourth-order valence-corrected chi connectivity index (χ4v) is 1.96. The maximum atomic E-state index is 11.6. The van der Waals surface area contributed by atoms with E-state index in [0.717, 1.165) is 0 Å². The summed E-state index contributed by atoms with van der Waals surface area (Å²) in [6.07, 6.45) is 0.196. The molecule has 6 nitrogen and oxygen atoms in total. The van der Waals surface area contributed by atoms with Crippen molar-refractivity contribution in [3.05, 3.63) is 5.56 Å². The number of ether oxygens (including phenoxy) is 1. The SMILES string of the molecule is CNC(=O)c1c(N)nsc1NCCOC(C)C. The summed E-state index contributed by atoms with van der Waals surface area (Å²) in [5.41, 5.74) is 6.04. The second kappa shape index (κ2) is 6.41. The molecule has 7 heteroatoms. The molecule has 0 aliphatic heterocycles. The lowest BCUT2D eigenvalue weighted by Crippen LogP contribution is -2.21. The van der Waals surface area contributed by atoms with E-state index in [1.165, 1.54) is 11.5 Å². The Kier molecular flexibility index (Phi) is 5.17. The van der Waals surface area contributed by atoms with Crippen LogP contribution in [0.2, 0.25) is 0 Å². The molecule has 17 heavy (non-hydrogen) atoms. The lowest BCUT2D eigenvalue weighted by atomic mass is 10.3. The highest BCUT2D eigenvalue weighted by Crippen LogP contribution is 2.26. The number of nitrogens with two attached hydrogens (primary N) is 1. The summed E-state index contributed by atoms with van der Waals surface area (Å²) in [5.74, 6) is 0.0187. The van der Waals surface area contributed by atoms with E-state index in [-0.39, 0.29) is 17.8 Å². The third-order valence-electron chi connectivity index (χ3n) is 2.01. The topological polar surface area (TPSA) is 89.3 Å². The van der Waals surface area contributed by atoms with E-state index in [1.807, 2.05) is 13.8 Å². The Balaban J connectivity index is 2.56. The molecule has 0 fully saturated rings. The summed E-state index contributed by atoms with van der Waals surface area (Å²) in [7, 11) is 1.56. The number of nitrogen functional groups attached to an aromatic ring is 1. The van der Waals surface area contributed by atoms with Crippen molar-refractivity contribution in [1.29, 1.82) is 0 Å². The van der Waals surface area contributed by atoms with Gasteiger partial charge in [-0.25, -0.2) is 0 Å². The lowest BCUT2D eigenvalue weighted by Gasteiger charge is -2.09. The van der Waals surface area contributed by atoms with Crippen molar-refractivity contribution in [2.75, 3.05) is 31.2 Å². The van der Waals surface area contributed by atoms with E-state index in [1.54, 1.807) is 7.05 Å². The van der Waals surface area contributed by atoms with Crippen LogP contribution in [-0.2, 0) is 4.74 Å². The van der Waals surface area contributed by atoms with E-state index in [2.05, 4.69) is 15.0 Å². The van der Waals surface area contributed by atoms with Crippen molar-refractivity contribution in [2.24, 2.45) is 0 Å². The Hall–Kier alpha value is -1.34. The number of carbonyl (C=O) groups is 1. The molecule has 0 aliphatic rings. The molecule has 0 aliphatic carbocycles. The zero-order valence-corrected chi connectivity index (χ0v) is 11.1. The van der Waals surface area contributed by atoms with Gasteiger partial charge in [-0.15, -0.1) is 0 Å². The van der Waals surface area contributed by atoms with Gasteiger partial charge in [-0.05, 0) is 25.4 Å². The highest BCUT2D eigenvalue weighted by Gasteiger charge is 2.17. The Bertz CT molecular complexity index is 378. The molecule has 0 saturated heterocycles. The third kappa shape index (κ3) is 3.86. The van der Waals surface area contributed by atoms with Gasteiger partial charge in [0.1, 0.15) is 10.6 Å². The lowest BCUT2D eigenvalue weighted by molar-refractivity contribution is 0.0869. The van der Waals surface area contributed by atoms with Gasteiger partial charge in [0.25, 0.3) is 5.91 Å². The number of nitrogens with zero attached hydrogens (tertiary/aromatic N) is 1. The molecule has 0 atom stereocenters. The zero-order chi connectivity index (χ0) is 12.8. The molecule has 1 aromatic heterocycles. The van der Waals surface area contributed by atoms with Crippen LogP contribution in [0.1, 0.15) is 24.2 Å². The fourth-order valence-electron chi connectivity index (χ4n) is 1.23. The highest BCUT2D eigenvalue weighted by molar-refractivity contribution is 7.11. The number of hydrogen-bond donors (Lipinski definition) is 3. The van der Waals surface area contributed by atoms with E-state index >= 15 is 0 Å². The first-order valence-corrected chi connectivity index (χ1v) is 6.16. The Morgan fingerprint density at radius 1 is 1.59 bits per heavy atom. The third-order valence-corrected chi connectivity index (χ3v) is 2.83. The van der Waals surface area contributed by atoms with Gasteiger partial charge in [-0.3, -0.25) is 4.79 Å². The van der Waals surface area contributed by atoms with Crippen LogP contribution < -0.4 is 16.4 Å². The van der Waals surface area contributed by atoms with Crippen molar-refractivity contribution >= 4 is 28.3 Å². The van der Waals surface area contributed by atoms with Crippen LogP contribution in [0.4, 0.5) is 10.8 Å². The molecular weight excluding hydrogens is 240 g/mol. The maximum Gasteiger partial charge on any atom is 0.257 e. The number of amides is 1. The normalized spacial score (nSPS) is 10.6. The molecule has 1 heterocycles. The van der Waals surface area contributed by atoms with Crippen molar-refractivity contribution < 1.29 is 9.53 Å². The average Bonchev–Trinajstić information content (AvgIpc) is 2.65. The number of anilines is 2. The van der Waals surface area contributed by atoms with Gasteiger partial charge in [0, 0.05) is 13.6 Å².